The van der Waals surface area contributed by atoms with Crippen molar-refractivity contribution in [1.82, 2.24) is 25.8 Å². The maximum atomic E-state index is 12.2. The maximum Gasteiger partial charge on any atom is 0.236 e. The highest BCUT2D eigenvalue weighted by molar-refractivity contribution is 5.78. The Labute approximate surface area is 123 Å². The monoisotopic (exact) mass is 285 g/mol. The Morgan fingerprint density at radius 3 is 1.80 bits per heavy atom. The number of hydrogen-bond acceptors (Lipinski definition) is 5. The highest BCUT2D eigenvalue weighted by Gasteiger charge is 2.14. The van der Waals surface area contributed by atoms with Gasteiger partial charge in [-0.15, -0.1) is 0 Å². The first-order valence-electron chi connectivity index (χ1n) is 7.90. The van der Waals surface area contributed by atoms with E-state index in [2.05, 4.69) is 20.9 Å². The van der Waals surface area contributed by atoms with Crippen LogP contribution in [-0.2, 0) is 4.79 Å². The van der Waals surface area contributed by atoms with Crippen molar-refractivity contribution in [1.29, 1.82) is 0 Å². The van der Waals surface area contributed by atoms with Crippen LogP contribution in [0.5, 0.6) is 0 Å². The summed E-state index contributed by atoms with van der Waals surface area (Å²) in [5.41, 5.74) is 0. The average Bonchev–Trinajstić information content (AvgIpc) is 2.43. The Kier molecular flexibility index (Phi) is 9.57. The molecule has 0 aromatic carbocycles. The van der Waals surface area contributed by atoms with Crippen LogP contribution in [0.25, 0.3) is 0 Å². The van der Waals surface area contributed by atoms with Crippen molar-refractivity contribution in [3.8, 4) is 0 Å². The summed E-state index contributed by atoms with van der Waals surface area (Å²) < 4.78 is 0. The molecule has 0 bridgehead atoms. The summed E-state index contributed by atoms with van der Waals surface area (Å²) in [6, 6.07) is 0. The minimum Gasteiger partial charge on any atom is -0.342 e. The Balaban J connectivity index is 2.39. The smallest absolute Gasteiger partial charge is 0.236 e. The van der Waals surface area contributed by atoms with E-state index in [9.17, 15) is 4.79 Å². The first kappa shape index (κ1) is 17.4. The molecule has 0 atom stereocenters. The molecule has 0 unspecified atom stereocenters. The van der Waals surface area contributed by atoms with Crippen molar-refractivity contribution in [2.45, 2.75) is 13.8 Å². The summed E-state index contributed by atoms with van der Waals surface area (Å²) in [5.74, 6) is 0.240. The predicted molar refractivity (Wildman–Crippen MR) is 83.0 cm³/mol. The van der Waals surface area contributed by atoms with Crippen molar-refractivity contribution in [3.63, 3.8) is 0 Å². The fraction of sp³-hybridized carbons (Fsp3) is 0.929. The third-order valence-corrected chi connectivity index (χ3v) is 3.64. The minimum absolute atomic E-state index is 0.240. The normalized spacial score (nSPS) is 19.9. The van der Waals surface area contributed by atoms with Gasteiger partial charge in [0.2, 0.25) is 5.91 Å². The topological polar surface area (TPSA) is 59.6 Å². The average molecular weight is 285 g/mol. The van der Waals surface area contributed by atoms with Gasteiger partial charge in [0.25, 0.3) is 0 Å². The number of hydrogen-bond donors (Lipinski definition) is 3. The zero-order valence-corrected chi connectivity index (χ0v) is 13.1. The molecular formula is C14H31N5O. The van der Waals surface area contributed by atoms with E-state index in [1.165, 1.54) is 0 Å². The number of carbonyl (C=O) groups is 1. The zero-order valence-electron chi connectivity index (χ0n) is 13.1. The van der Waals surface area contributed by atoms with Crippen molar-refractivity contribution < 1.29 is 4.79 Å². The van der Waals surface area contributed by atoms with Gasteiger partial charge in [-0.3, -0.25) is 9.69 Å². The molecule has 118 valence electrons. The summed E-state index contributed by atoms with van der Waals surface area (Å²) in [7, 11) is 0. The predicted octanol–water partition coefficient (Wildman–Crippen LogP) is -1.06. The molecule has 0 aromatic heterocycles. The minimum atomic E-state index is 0.240. The molecule has 0 radical (unpaired) electrons. The van der Waals surface area contributed by atoms with E-state index in [1.54, 1.807) is 0 Å². The van der Waals surface area contributed by atoms with E-state index < -0.39 is 0 Å². The van der Waals surface area contributed by atoms with Gasteiger partial charge in [0.05, 0.1) is 6.54 Å². The van der Waals surface area contributed by atoms with Gasteiger partial charge < -0.3 is 20.9 Å². The Morgan fingerprint density at radius 1 is 0.900 bits per heavy atom. The standard InChI is InChI=1S/C14H31N5O/c1-3-19(4-2)14(20)13-18-11-9-16-7-5-15-6-8-17-10-12-18/h15-17H,3-13H2,1-2H3. The Hall–Kier alpha value is -0.690. The van der Waals surface area contributed by atoms with Crippen LogP contribution in [-0.4, -0.2) is 87.7 Å². The molecule has 1 amide bonds. The fourth-order valence-corrected chi connectivity index (χ4v) is 2.34. The lowest BCUT2D eigenvalue weighted by Gasteiger charge is -2.26. The van der Waals surface area contributed by atoms with Crippen molar-refractivity contribution in [2.75, 3.05) is 72.0 Å². The lowest BCUT2D eigenvalue weighted by atomic mass is 10.3. The molecule has 3 N–H and O–H groups in total. The quantitative estimate of drug-likeness (QED) is 0.615. The molecule has 1 aliphatic heterocycles. The largest absolute Gasteiger partial charge is 0.342 e. The van der Waals surface area contributed by atoms with Crippen molar-refractivity contribution in [2.24, 2.45) is 0 Å². The van der Waals surface area contributed by atoms with Crippen LogP contribution < -0.4 is 16.0 Å². The van der Waals surface area contributed by atoms with Crippen LogP contribution in [0.4, 0.5) is 0 Å². The molecule has 0 aliphatic carbocycles. The maximum absolute atomic E-state index is 12.2. The van der Waals surface area contributed by atoms with E-state index in [0.717, 1.165) is 65.4 Å². The molecule has 1 rings (SSSR count). The number of nitrogens with zero attached hydrogens (tertiary/aromatic N) is 2. The second-order valence-corrected chi connectivity index (χ2v) is 5.09. The highest BCUT2D eigenvalue weighted by Crippen LogP contribution is 1.94. The third kappa shape index (κ3) is 7.19. The summed E-state index contributed by atoms with van der Waals surface area (Å²) in [4.78, 5) is 16.3. The number of rotatable bonds is 4. The van der Waals surface area contributed by atoms with Gasteiger partial charge in [-0.2, -0.15) is 0 Å². The number of carbonyl (C=O) groups excluding carboxylic acids is 1. The van der Waals surface area contributed by atoms with Crippen LogP contribution in [0.1, 0.15) is 13.8 Å². The molecule has 1 saturated heterocycles. The van der Waals surface area contributed by atoms with E-state index in [-0.39, 0.29) is 5.91 Å². The second kappa shape index (κ2) is 11.0. The van der Waals surface area contributed by atoms with Crippen LogP contribution in [0, 0.1) is 0 Å². The molecule has 0 spiro atoms. The highest BCUT2D eigenvalue weighted by atomic mass is 16.2. The number of nitrogens with one attached hydrogen (secondary N) is 3. The fourth-order valence-electron chi connectivity index (χ4n) is 2.34. The molecule has 6 nitrogen and oxygen atoms in total. The van der Waals surface area contributed by atoms with Gasteiger partial charge in [0, 0.05) is 65.4 Å². The molecule has 0 saturated carbocycles. The van der Waals surface area contributed by atoms with Gasteiger partial charge in [-0.25, -0.2) is 0 Å². The second-order valence-electron chi connectivity index (χ2n) is 5.09. The Bertz CT molecular complexity index is 246. The third-order valence-electron chi connectivity index (χ3n) is 3.64. The van der Waals surface area contributed by atoms with Gasteiger partial charge in [0.15, 0.2) is 0 Å². The van der Waals surface area contributed by atoms with Crippen LogP contribution in [0.3, 0.4) is 0 Å². The molecule has 0 aromatic rings. The van der Waals surface area contributed by atoms with E-state index in [1.807, 2.05) is 18.7 Å². The van der Waals surface area contributed by atoms with Crippen LogP contribution >= 0.6 is 0 Å². The molecule has 6 heteroatoms. The van der Waals surface area contributed by atoms with E-state index >= 15 is 0 Å². The number of amides is 1. The van der Waals surface area contributed by atoms with Crippen molar-refractivity contribution >= 4 is 5.91 Å². The van der Waals surface area contributed by atoms with E-state index in [4.69, 9.17) is 0 Å². The zero-order chi connectivity index (χ0) is 14.6. The molecule has 1 aliphatic rings. The molecular weight excluding hydrogens is 254 g/mol. The number of likely N-dealkylation sites (N-methyl/N-ethyl adjacent to an activating group) is 1. The SMILES string of the molecule is CCN(CC)C(=O)CN1CCNCCNCCNCC1. The van der Waals surface area contributed by atoms with Gasteiger partial charge >= 0.3 is 0 Å². The lowest BCUT2D eigenvalue weighted by Crippen LogP contribution is -2.46. The molecule has 20 heavy (non-hydrogen) atoms. The van der Waals surface area contributed by atoms with Crippen LogP contribution in [0.15, 0.2) is 0 Å². The first-order chi connectivity index (χ1) is 9.77. The first-order valence-corrected chi connectivity index (χ1v) is 7.90. The lowest BCUT2D eigenvalue weighted by molar-refractivity contribution is -0.132. The van der Waals surface area contributed by atoms with Gasteiger partial charge in [-0.1, -0.05) is 0 Å². The van der Waals surface area contributed by atoms with Gasteiger partial charge in [0.1, 0.15) is 0 Å². The summed E-state index contributed by atoms with van der Waals surface area (Å²) >= 11 is 0. The molecule has 1 heterocycles. The van der Waals surface area contributed by atoms with Crippen molar-refractivity contribution in [3.05, 3.63) is 0 Å². The summed E-state index contributed by atoms with van der Waals surface area (Å²) in [5, 5.41) is 10.2. The summed E-state index contributed by atoms with van der Waals surface area (Å²) in [6.07, 6.45) is 0. The van der Waals surface area contributed by atoms with Crippen LogP contribution in [0.2, 0.25) is 0 Å². The summed E-state index contributed by atoms with van der Waals surface area (Å²) in [6.45, 7) is 13.9. The van der Waals surface area contributed by atoms with Gasteiger partial charge in [-0.05, 0) is 13.8 Å². The van der Waals surface area contributed by atoms with E-state index in [0.29, 0.717) is 6.54 Å². The Morgan fingerprint density at radius 2 is 1.35 bits per heavy atom. The molecule has 1 fully saturated rings.